The number of nitrogens with one attached hydrogen (secondary N) is 1. The first kappa shape index (κ1) is 19.0. The van der Waals surface area contributed by atoms with Gasteiger partial charge in [-0.05, 0) is 36.2 Å². The van der Waals surface area contributed by atoms with E-state index in [2.05, 4.69) is 5.32 Å². The summed E-state index contributed by atoms with van der Waals surface area (Å²) >= 11 is 0. The molecule has 1 N–H and O–H groups in total. The summed E-state index contributed by atoms with van der Waals surface area (Å²) < 4.78 is 35.7. The summed E-state index contributed by atoms with van der Waals surface area (Å²) in [5.41, 5.74) is 2.73. The molecule has 27 heavy (non-hydrogen) atoms. The molecular weight excluding hydrogens is 368 g/mol. The van der Waals surface area contributed by atoms with Crippen LogP contribution in [0.15, 0.2) is 36.4 Å². The Balaban J connectivity index is 1.76. The highest BCUT2D eigenvalue weighted by Gasteiger charge is 2.27. The van der Waals surface area contributed by atoms with E-state index in [-0.39, 0.29) is 12.5 Å². The van der Waals surface area contributed by atoms with Crippen LogP contribution in [0, 0.1) is 0 Å². The van der Waals surface area contributed by atoms with Crippen molar-refractivity contribution >= 4 is 21.6 Å². The zero-order valence-corrected chi connectivity index (χ0v) is 16.3. The first-order valence-electron chi connectivity index (χ1n) is 8.43. The maximum Gasteiger partial charge on any atom is 0.251 e. The molecule has 0 saturated heterocycles. The first-order chi connectivity index (χ1) is 12.8. The van der Waals surface area contributed by atoms with Crippen LogP contribution in [-0.2, 0) is 23.0 Å². The van der Waals surface area contributed by atoms with E-state index < -0.39 is 10.0 Å². The van der Waals surface area contributed by atoms with Crippen LogP contribution in [0.3, 0.4) is 0 Å². The second-order valence-corrected chi connectivity index (χ2v) is 8.20. The Morgan fingerprint density at radius 1 is 1.15 bits per heavy atom. The number of carbonyl (C=O) groups is 1. The van der Waals surface area contributed by atoms with Gasteiger partial charge in [0.2, 0.25) is 10.0 Å². The highest BCUT2D eigenvalue weighted by molar-refractivity contribution is 7.92. The molecule has 2 aromatic carbocycles. The van der Waals surface area contributed by atoms with Gasteiger partial charge in [-0.1, -0.05) is 6.07 Å². The van der Waals surface area contributed by atoms with Gasteiger partial charge in [0.05, 0.1) is 26.2 Å². The molecule has 2 aromatic rings. The number of methoxy groups -OCH3 is 2. The fraction of sp³-hybridized carbons (Fsp3) is 0.316. The molecule has 0 saturated carbocycles. The van der Waals surface area contributed by atoms with Gasteiger partial charge in [-0.3, -0.25) is 9.10 Å². The third-order valence-electron chi connectivity index (χ3n) is 4.53. The summed E-state index contributed by atoms with van der Waals surface area (Å²) in [6, 6.07) is 10.5. The van der Waals surface area contributed by atoms with E-state index in [0.29, 0.717) is 35.7 Å². The van der Waals surface area contributed by atoms with Crippen molar-refractivity contribution in [3.05, 3.63) is 53.1 Å². The van der Waals surface area contributed by atoms with Crippen molar-refractivity contribution in [2.45, 2.75) is 13.0 Å². The largest absolute Gasteiger partial charge is 0.497 e. The molecule has 1 heterocycles. The molecule has 0 atom stereocenters. The van der Waals surface area contributed by atoms with Crippen molar-refractivity contribution < 1.29 is 22.7 Å². The lowest BCUT2D eigenvalue weighted by molar-refractivity contribution is 0.0950. The van der Waals surface area contributed by atoms with Crippen molar-refractivity contribution in [3.8, 4) is 11.5 Å². The lowest BCUT2D eigenvalue weighted by atomic mass is 10.1. The lowest BCUT2D eigenvalue weighted by Gasteiger charge is -2.17. The Labute approximate surface area is 158 Å². The summed E-state index contributed by atoms with van der Waals surface area (Å²) in [5.74, 6) is 1.00. The van der Waals surface area contributed by atoms with E-state index in [4.69, 9.17) is 9.47 Å². The van der Waals surface area contributed by atoms with Crippen LogP contribution >= 0.6 is 0 Å². The number of rotatable bonds is 6. The smallest absolute Gasteiger partial charge is 0.251 e. The number of amides is 1. The second kappa shape index (κ2) is 7.48. The van der Waals surface area contributed by atoms with E-state index in [1.807, 2.05) is 12.1 Å². The number of hydrogen-bond acceptors (Lipinski definition) is 5. The summed E-state index contributed by atoms with van der Waals surface area (Å²) in [5, 5.41) is 2.84. The molecule has 144 valence electrons. The Morgan fingerprint density at radius 2 is 1.93 bits per heavy atom. The number of sulfonamides is 1. The molecule has 1 aliphatic rings. The van der Waals surface area contributed by atoms with Crippen molar-refractivity contribution in [2.75, 3.05) is 31.3 Å². The quantitative estimate of drug-likeness (QED) is 0.815. The zero-order chi connectivity index (χ0) is 19.6. The van der Waals surface area contributed by atoms with Crippen LogP contribution in [0.1, 0.15) is 21.5 Å². The van der Waals surface area contributed by atoms with Crippen LogP contribution in [0.4, 0.5) is 5.69 Å². The number of nitrogens with zero attached hydrogens (tertiary/aromatic N) is 1. The van der Waals surface area contributed by atoms with Crippen molar-refractivity contribution in [1.82, 2.24) is 5.32 Å². The first-order valence-corrected chi connectivity index (χ1v) is 10.3. The van der Waals surface area contributed by atoms with Crippen LogP contribution < -0.4 is 19.1 Å². The Bertz CT molecular complexity index is 972. The van der Waals surface area contributed by atoms with Crippen molar-refractivity contribution in [3.63, 3.8) is 0 Å². The van der Waals surface area contributed by atoms with Gasteiger partial charge in [-0.15, -0.1) is 0 Å². The van der Waals surface area contributed by atoms with Crippen molar-refractivity contribution in [1.29, 1.82) is 0 Å². The molecule has 7 nitrogen and oxygen atoms in total. The maximum atomic E-state index is 12.6. The highest BCUT2D eigenvalue weighted by atomic mass is 32.2. The molecule has 3 rings (SSSR count). The Hall–Kier alpha value is -2.74. The second-order valence-electron chi connectivity index (χ2n) is 6.29. The number of hydrogen-bond donors (Lipinski definition) is 1. The van der Waals surface area contributed by atoms with E-state index in [0.717, 1.165) is 11.1 Å². The Morgan fingerprint density at radius 3 is 2.59 bits per heavy atom. The molecule has 1 aliphatic heterocycles. The number of fused-ring (bicyclic) bond motifs is 1. The third-order valence-corrected chi connectivity index (χ3v) is 5.71. The number of ether oxygens (including phenoxy) is 2. The molecule has 1 amide bonds. The van der Waals surface area contributed by atoms with Gasteiger partial charge in [-0.25, -0.2) is 8.42 Å². The zero-order valence-electron chi connectivity index (χ0n) is 15.5. The number of anilines is 1. The average molecular weight is 390 g/mol. The van der Waals surface area contributed by atoms with Crippen LogP contribution in [-0.4, -0.2) is 41.3 Å². The molecular formula is C19H22N2O5S. The van der Waals surface area contributed by atoms with Gasteiger partial charge in [0.25, 0.3) is 5.91 Å². The number of carbonyl (C=O) groups excluding carboxylic acids is 1. The number of benzene rings is 2. The average Bonchev–Trinajstić information content (AvgIpc) is 3.09. The van der Waals surface area contributed by atoms with Gasteiger partial charge in [0.15, 0.2) is 0 Å². The van der Waals surface area contributed by atoms with Crippen LogP contribution in [0.5, 0.6) is 11.5 Å². The summed E-state index contributed by atoms with van der Waals surface area (Å²) in [6.07, 6.45) is 1.82. The van der Waals surface area contributed by atoms with E-state index in [9.17, 15) is 13.2 Å². The molecule has 0 unspecified atom stereocenters. The standard InChI is InChI=1S/C19H22N2O5S/c1-25-16-7-6-15(18(11-16)26-2)12-20-19(22)14-5-4-13-8-9-21(17(13)10-14)27(3,23)24/h4-7,10-11H,8-9,12H2,1-3H3,(H,20,22). The predicted octanol–water partition coefficient (Wildman–Crippen LogP) is 1.96. The summed E-state index contributed by atoms with van der Waals surface area (Å²) in [6.45, 7) is 0.682. The van der Waals surface area contributed by atoms with Gasteiger partial charge in [0.1, 0.15) is 11.5 Å². The minimum absolute atomic E-state index is 0.277. The minimum Gasteiger partial charge on any atom is -0.497 e. The monoisotopic (exact) mass is 390 g/mol. The topological polar surface area (TPSA) is 84.9 Å². The fourth-order valence-electron chi connectivity index (χ4n) is 3.11. The molecule has 0 bridgehead atoms. The summed E-state index contributed by atoms with van der Waals surface area (Å²) in [7, 11) is -0.227. The molecule has 0 radical (unpaired) electrons. The minimum atomic E-state index is -3.36. The fourth-order valence-corrected chi connectivity index (χ4v) is 4.06. The van der Waals surface area contributed by atoms with E-state index in [1.54, 1.807) is 38.5 Å². The van der Waals surface area contributed by atoms with Gasteiger partial charge >= 0.3 is 0 Å². The van der Waals surface area contributed by atoms with Gasteiger partial charge in [-0.2, -0.15) is 0 Å². The normalized spacial score (nSPS) is 13.2. The van der Waals surface area contributed by atoms with Crippen molar-refractivity contribution in [2.24, 2.45) is 0 Å². The molecule has 0 spiro atoms. The maximum absolute atomic E-state index is 12.6. The lowest BCUT2D eigenvalue weighted by Crippen LogP contribution is -2.28. The SMILES string of the molecule is COc1ccc(CNC(=O)c2ccc3c(c2)N(S(C)(=O)=O)CC3)c(OC)c1. The third kappa shape index (κ3) is 4.00. The van der Waals surface area contributed by atoms with Crippen LogP contribution in [0.2, 0.25) is 0 Å². The highest BCUT2D eigenvalue weighted by Crippen LogP contribution is 2.31. The Kier molecular flexibility index (Phi) is 5.27. The van der Waals surface area contributed by atoms with E-state index >= 15 is 0 Å². The molecule has 0 aromatic heterocycles. The van der Waals surface area contributed by atoms with Crippen LogP contribution in [0.25, 0.3) is 0 Å². The predicted molar refractivity (Wildman–Crippen MR) is 103 cm³/mol. The molecule has 0 aliphatic carbocycles. The van der Waals surface area contributed by atoms with Gasteiger partial charge in [0, 0.05) is 30.3 Å². The molecule has 8 heteroatoms. The molecule has 0 fully saturated rings. The summed E-state index contributed by atoms with van der Waals surface area (Å²) in [4.78, 5) is 12.6. The van der Waals surface area contributed by atoms with Gasteiger partial charge < -0.3 is 14.8 Å². The van der Waals surface area contributed by atoms with E-state index in [1.165, 1.54) is 10.6 Å².